The van der Waals surface area contributed by atoms with Gasteiger partial charge in [-0.1, -0.05) is 0 Å². The number of pyridine rings is 1. The van der Waals surface area contributed by atoms with Crippen LogP contribution in [0.3, 0.4) is 0 Å². The van der Waals surface area contributed by atoms with Gasteiger partial charge in [-0.05, 0) is 12.1 Å². The van der Waals surface area contributed by atoms with E-state index >= 15 is 0 Å². The highest BCUT2D eigenvalue weighted by Crippen LogP contribution is 2.40. The SMILES string of the molecule is N#Cc1ccc2c(O)c(C(=O)NCC(=O)[O-])c(=O)n3c2c1OCC3c1cncs1. The fraction of sp³-hybridized carbons (Fsp3) is 0.167. The molecule has 11 heteroatoms. The number of hydrogen-bond donors (Lipinski definition) is 2. The molecular weight excluding hydrogens is 400 g/mol. The van der Waals surface area contributed by atoms with Crippen LogP contribution in [0.5, 0.6) is 11.5 Å². The summed E-state index contributed by atoms with van der Waals surface area (Å²) >= 11 is 1.27. The predicted octanol–water partition coefficient (Wildman–Crippen LogP) is -0.503. The number of nitrogens with one attached hydrogen (secondary N) is 1. The van der Waals surface area contributed by atoms with Crippen molar-refractivity contribution in [3.63, 3.8) is 0 Å². The Labute approximate surface area is 166 Å². The van der Waals surface area contributed by atoms with Crippen LogP contribution in [0.2, 0.25) is 0 Å². The van der Waals surface area contributed by atoms with E-state index in [0.717, 1.165) is 0 Å². The summed E-state index contributed by atoms with van der Waals surface area (Å²) in [6, 6.07) is 4.13. The van der Waals surface area contributed by atoms with Crippen LogP contribution in [0, 0.1) is 11.3 Å². The number of carbonyl (C=O) groups excluding carboxylic acids is 2. The van der Waals surface area contributed by atoms with Gasteiger partial charge in [-0.15, -0.1) is 11.3 Å². The maximum absolute atomic E-state index is 13.2. The molecule has 0 bridgehead atoms. The highest BCUT2D eigenvalue weighted by atomic mass is 32.1. The van der Waals surface area contributed by atoms with Gasteiger partial charge in [0.2, 0.25) is 0 Å². The summed E-state index contributed by atoms with van der Waals surface area (Å²) in [6.07, 6.45) is 1.55. The third-order valence-corrected chi connectivity index (χ3v) is 5.39. The standard InChI is InChI=1S/C18H12N4O6S/c19-3-8-1-2-9-14-16(8)28-6-10(11-4-20-7-29-11)22(14)18(27)13(15(9)25)17(26)21-5-12(23)24/h1-2,4,7,10,25H,5-6H2,(H,21,26)(H,23,24)/p-1. The molecule has 3 aromatic rings. The van der Waals surface area contributed by atoms with Crippen molar-refractivity contribution >= 4 is 34.1 Å². The molecule has 1 amide bonds. The Hall–Kier alpha value is -3.91. The predicted molar refractivity (Wildman–Crippen MR) is 97.7 cm³/mol. The second-order valence-electron chi connectivity index (χ2n) is 6.13. The number of carboxylic acid groups (broad SMARTS) is 1. The van der Waals surface area contributed by atoms with Crippen LogP contribution in [0.1, 0.15) is 26.8 Å². The minimum atomic E-state index is -1.54. The van der Waals surface area contributed by atoms with Gasteiger partial charge in [-0.2, -0.15) is 5.26 Å². The van der Waals surface area contributed by atoms with Crippen LogP contribution in [0.25, 0.3) is 10.9 Å². The molecular formula is C18H11N4O6S-. The van der Waals surface area contributed by atoms with Crippen molar-refractivity contribution in [3.8, 4) is 17.6 Å². The minimum Gasteiger partial charge on any atom is -0.548 e. The Morgan fingerprint density at radius 1 is 1.48 bits per heavy atom. The zero-order chi connectivity index (χ0) is 20.7. The number of carboxylic acids is 1. The van der Waals surface area contributed by atoms with Gasteiger partial charge in [0.15, 0.2) is 5.75 Å². The maximum Gasteiger partial charge on any atom is 0.268 e. The van der Waals surface area contributed by atoms with Gasteiger partial charge in [0.1, 0.15) is 30.0 Å². The van der Waals surface area contributed by atoms with Gasteiger partial charge in [0.25, 0.3) is 11.5 Å². The number of thiazole rings is 1. The highest BCUT2D eigenvalue weighted by molar-refractivity contribution is 7.09. The molecule has 0 saturated heterocycles. The molecule has 2 N–H and O–H groups in total. The lowest BCUT2D eigenvalue weighted by Crippen LogP contribution is -2.42. The first-order chi connectivity index (χ1) is 13.9. The van der Waals surface area contributed by atoms with Gasteiger partial charge in [0.05, 0.1) is 34.0 Å². The molecule has 1 aromatic carbocycles. The van der Waals surface area contributed by atoms with Gasteiger partial charge >= 0.3 is 0 Å². The van der Waals surface area contributed by atoms with Gasteiger partial charge in [0, 0.05) is 11.6 Å². The van der Waals surface area contributed by atoms with E-state index in [1.807, 2.05) is 11.4 Å². The first kappa shape index (κ1) is 18.5. The molecule has 0 spiro atoms. The number of carbonyl (C=O) groups is 2. The van der Waals surface area contributed by atoms with Crippen LogP contribution in [0.4, 0.5) is 0 Å². The van der Waals surface area contributed by atoms with Crippen molar-refractivity contribution < 1.29 is 24.5 Å². The molecule has 0 aliphatic carbocycles. The largest absolute Gasteiger partial charge is 0.548 e. The Kier molecular flexibility index (Phi) is 4.40. The monoisotopic (exact) mass is 411 g/mol. The van der Waals surface area contributed by atoms with E-state index in [1.165, 1.54) is 28.0 Å². The number of hydrogen-bond acceptors (Lipinski definition) is 9. The molecule has 1 unspecified atom stereocenters. The van der Waals surface area contributed by atoms with Crippen molar-refractivity contribution in [1.29, 1.82) is 5.26 Å². The van der Waals surface area contributed by atoms with Crippen molar-refractivity contribution in [1.82, 2.24) is 14.9 Å². The second-order valence-corrected chi connectivity index (χ2v) is 7.05. The Bertz CT molecular complexity index is 1260. The summed E-state index contributed by atoms with van der Waals surface area (Å²) in [4.78, 5) is 41.0. The number of nitriles is 1. The number of amides is 1. The zero-order valence-electron chi connectivity index (χ0n) is 14.5. The fourth-order valence-corrected chi connectivity index (χ4v) is 3.97. The highest BCUT2D eigenvalue weighted by Gasteiger charge is 2.33. The first-order valence-electron chi connectivity index (χ1n) is 8.27. The average molecular weight is 411 g/mol. The van der Waals surface area contributed by atoms with Crippen LogP contribution in [-0.4, -0.2) is 39.7 Å². The number of nitrogens with zero attached hydrogens (tertiary/aromatic N) is 3. The summed E-state index contributed by atoms with van der Waals surface area (Å²) in [5.74, 6) is -3.10. The fourth-order valence-electron chi connectivity index (χ4n) is 3.27. The molecule has 0 saturated carbocycles. The molecule has 3 heterocycles. The minimum absolute atomic E-state index is 0.00771. The van der Waals surface area contributed by atoms with Crippen molar-refractivity contribution in [2.75, 3.05) is 13.2 Å². The summed E-state index contributed by atoms with van der Waals surface area (Å²) in [5, 5.41) is 32.8. The molecule has 10 nitrogen and oxygen atoms in total. The summed E-state index contributed by atoms with van der Waals surface area (Å²) in [6.45, 7) is -0.816. The molecule has 4 rings (SSSR count). The van der Waals surface area contributed by atoms with Gasteiger partial charge in [-0.25, -0.2) is 0 Å². The normalized spacial score (nSPS) is 14.8. The van der Waals surface area contributed by atoms with Gasteiger partial charge in [-0.3, -0.25) is 19.1 Å². The van der Waals surface area contributed by atoms with E-state index in [2.05, 4.69) is 4.98 Å². The zero-order valence-corrected chi connectivity index (χ0v) is 15.4. The van der Waals surface area contributed by atoms with E-state index in [1.54, 1.807) is 11.7 Å². The number of aromatic nitrogens is 2. The van der Waals surface area contributed by atoms with E-state index < -0.39 is 41.3 Å². The van der Waals surface area contributed by atoms with Crippen molar-refractivity contribution in [2.24, 2.45) is 0 Å². The topological polar surface area (TPSA) is 157 Å². The molecule has 146 valence electrons. The third kappa shape index (κ3) is 2.86. The lowest BCUT2D eigenvalue weighted by Gasteiger charge is -2.29. The van der Waals surface area contributed by atoms with E-state index in [0.29, 0.717) is 4.88 Å². The van der Waals surface area contributed by atoms with E-state index in [-0.39, 0.29) is 28.8 Å². The number of rotatable bonds is 4. The number of ether oxygens (including phenoxy) is 1. The van der Waals surface area contributed by atoms with Crippen LogP contribution in [-0.2, 0) is 4.79 Å². The number of aromatic hydroxyl groups is 1. The quantitative estimate of drug-likeness (QED) is 0.581. The summed E-state index contributed by atoms with van der Waals surface area (Å²) in [5.41, 5.74) is 0.469. The molecule has 0 radical (unpaired) electrons. The smallest absolute Gasteiger partial charge is 0.268 e. The Morgan fingerprint density at radius 2 is 2.28 bits per heavy atom. The lowest BCUT2D eigenvalue weighted by molar-refractivity contribution is -0.303. The summed E-state index contributed by atoms with van der Waals surface area (Å²) < 4.78 is 7.02. The Balaban J connectivity index is 2.04. The van der Waals surface area contributed by atoms with E-state index in [9.17, 15) is 29.9 Å². The molecule has 0 fully saturated rings. The van der Waals surface area contributed by atoms with E-state index in [4.69, 9.17) is 4.74 Å². The van der Waals surface area contributed by atoms with Crippen LogP contribution < -0.4 is 20.7 Å². The van der Waals surface area contributed by atoms with Crippen molar-refractivity contribution in [3.05, 3.63) is 50.2 Å². The molecule has 2 aromatic heterocycles. The Morgan fingerprint density at radius 3 is 2.93 bits per heavy atom. The van der Waals surface area contributed by atoms with Crippen molar-refractivity contribution in [2.45, 2.75) is 6.04 Å². The second kappa shape index (κ2) is 6.92. The first-order valence-corrected chi connectivity index (χ1v) is 9.15. The van der Waals surface area contributed by atoms with Gasteiger partial charge < -0.3 is 25.1 Å². The summed E-state index contributed by atoms with van der Waals surface area (Å²) in [7, 11) is 0. The molecule has 1 atom stereocenters. The van der Waals surface area contributed by atoms with Crippen LogP contribution >= 0.6 is 11.3 Å². The third-order valence-electron chi connectivity index (χ3n) is 4.51. The maximum atomic E-state index is 13.2. The lowest BCUT2D eigenvalue weighted by atomic mass is 10.0. The molecule has 1 aliphatic rings. The average Bonchev–Trinajstić information content (AvgIpc) is 3.24. The number of aliphatic carboxylic acids is 1. The van der Waals surface area contributed by atoms with Crippen LogP contribution in [0.15, 0.2) is 28.6 Å². The molecule has 29 heavy (non-hydrogen) atoms. The number of benzene rings is 1. The molecule has 1 aliphatic heterocycles.